The first-order valence-corrected chi connectivity index (χ1v) is 8.19. The van der Waals surface area contributed by atoms with Crippen molar-refractivity contribution in [3.63, 3.8) is 0 Å². The minimum atomic E-state index is -4.96. The van der Waals surface area contributed by atoms with Crippen LogP contribution >= 0.6 is 0 Å². The Bertz CT molecular complexity index is 623. The predicted octanol–water partition coefficient (Wildman–Crippen LogP) is 1.74. The fraction of sp³-hybridized carbons (Fsp3) is 0.400. The zero-order valence-electron chi connectivity index (χ0n) is 9.92. The molecule has 0 amide bonds. The standard InChI is InChI=1S/C10H14FNO4S2/c1-8(2)7-17(13,14)12-9-5-3-4-6-10(9)18(11,15)16/h3-6,8,12H,7H2,1-2H3. The van der Waals surface area contributed by atoms with Crippen LogP contribution in [-0.2, 0) is 20.2 Å². The first kappa shape index (κ1) is 14.9. The van der Waals surface area contributed by atoms with E-state index in [1.807, 2.05) is 0 Å². The Kier molecular flexibility index (Phi) is 4.33. The van der Waals surface area contributed by atoms with Crippen LogP contribution in [0.3, 0.4) is 0 Å². The molecule has 18 heavy (non-hydrogen) atoms. The molecule has 0 aliphatic rings. The molecular formula is C10H14FNO4S2. The molecule has 5 nitrogen and oxygen atoms in total. The van der Waals surface area contributed by atoms with Crippen LogP contribution in [0.25, 0.3) is 0 Å². The summed E-state index contributed by atoms with van der Waals surface area (Å²) in [5, 5.41) is 0. The molecule has 0 bridgehead atoms. The van der Waals surface area contributed by atoms with Crippen molar-refractivity contribution in [1.82, 2.24) is 0 Å². The Morgan fingerprint density at radius 1 is 1.17 bits per heavy atom. The second-order valence-electron chi connectivity index (χ2n) is 4.21. The number of benzene rings is 1. The summed E-state index contributed by atoms with van der Waals surface area (Å²) in [6.45, 7) is 3.41. The molecule has 0 fully saturated rings. The first-order valence-electron chi connectivity index (χ1n) is 5.16. The van der Waals surface area contributed by atoms with Crippen molar-refractivity contribution < 1.29 is 20.7 Å². The van der Waals surface area contributed by atoms with Crippen molar-refractivity contribution in [2.45, 2.75) is 18.7 Å². The maximum absolute atomic E-state index is 13.0. The molecular weight excluding hydrogens is 281 g/mol. The van der Waals surface area contributed by atoms with E-state index in [2.05, 4.69) is 4.72 Å². The molecule has 0 heterocycles. The molecule has 8 heteroatoms. The fourth-order valence-corrected chi connectivity index (χ4v) is 3.57. The first-order chi connectivity index (χ1) is 8.12. The number of para-hydroxylation sites is 1. The molecule has 0 radical (unpaired) electrons. The number of sulfonamides is 1. The molecule has 1 N–H and O–H groups in total. The topological polar surface area (TPSA) is 80.3 Å². The lowest BCUT2D eigenvalue weighted by molar-refractivity contribution is 0.552. The fourth-order valence-electron chi connectivity index (χ4n) is 1.41. The largest absolute Gasteiger partial charge is 0.334 e. The summed E-state index contributed by atoms with van der Waals surface area (Å²) in [7, 11) is -8.66. The van der Waals surface area contributed by atoms with Crippen molar-refractivity contribution >= 4 is 25.9 Å². The van der Waals surface area contributed by atoms with Crippen LogP contribution in [0.5, 0.6) is 0 Å². The third-order valence-electron chi connectivity index (χ3n) is 1.97. The summed E-state index contributed by atoms with van der Waals surface area (Å²) in [6, 6.07) is 4.93. The van der Waals surface area contributed by atoms with Gasteiger partial charge in [-0.15, -0.1) is 3.89 Å². The SMILES string of the molecule is CC(C)CS(=O)(=O)Nc1ccccc1S(=O)(=O)F. The molecule has 102 valence electrons. The normalized spacial score (nSPS) is 12.7. The van der Waals surface area contributed by atoms with Crippen molar-refractivity contribution in [1.29, 1.82) is 0 Å². The summed E-state index contributed by atoms with van der Waals surface area (Å²) in [4.78, 5) is -0.683. The van der Waals surface area contributed by atoms with Crippen molar-refractivity contribution in [3.05, 3.63) is 24.3 Å². The lowest BCUT2D eigenvalue weighted by Gasteiger charge is -2.11. The molecule has 0 unspecified atom stereocenters. The Labute approximate surface area is 106 Å². The zero-order chi connectivity index (χ0) is 14.0. The number of halogens is 1. The van der Waals surface area contributed by atoms with Crippen molar-refractivity contribution in [2.24, 2.45) is 5.92 Å². The Morgan fingerprint density at radius 2 is 1.72 bits per heavy atom. The van der Waals surface area contributed by atoms with Crippen molar-refractivity contribution in [2.75, 3.05) is 10.5 Å². The number of nitrogens with one attached hydrogen (secondary N) is 1. The average molecular weight is 295 g/mol. The third kappa shape index (κ3) is 4.26. The van der Waals surface area contributed by atoms with Gasteiger partial charge in [-0.3, -0.25) is 4.72 Å². The van der Waals surface area contributed by atoms with Gasteiger partial charge in [0.2, 0.25) is 10.0 Å². The predicted molar refractivity (Wildman–Crippen MR) is 67.0 cm³/mol. The van der Waals surface area contributed by atoms with E-state index in [0.717, 1.165) is 6.07 Å². The number of hydrogen-bond donors (Lipinski definition) is 1. The van der Waals surface area contributed by atoms with Gasteiger partial charge in [0, 0.05) is 0 Å². The van der Waals surface area contributed by atoms with E-state index >= 15 is 0 Å². The number of rotatable bonds is 5. The summed E-state index contributed by atoms with van der Waals surface area (Å²) >= 11 is 0. The van der Waals surface area contributed by atoms with Gasteiger partial charge in [-0.25, -0.2) is 8.42 Å². The minimum absolute atomic E-state index is 0.128. The van der Waals surface area contributed by atoms with E-state index in [1.54, 1.807) is 13.8 Å². The molecule has 0 saturated carbocycles. The summed E-state index contributed by atoms with van der Waals surface area (Å²) in [6.07, 6.45) is 0. The lowest BCUT2D eigenvalue weighted by atomic mass is 10.3. The molecule has 1 rings (SSSR count). The van der Waals surface area contributed by atoms with Gasteiger partial charge in [0.25, 0.3) is 0 Å². The van der Waals surface area contributed by atoms with Gasteiger partial charge >= 0.3 is 10.2 Å². The van der Waals surface area contributed by atoms with Gasteiger partial charge in [-0.1, -0.05) is 26.0 Å². The summed E-state index contributed by atoms with van der Waals surface area (Å²) in [5.74, 6) is -0.301. The smallest absolute Gasteiger partial charge is 0.282 e. The monoisotopic (exact) mass is 295 g/mol. The van der Waals surface area contributed by atoms with E-state index in [4.69, 9.17) is 0 Å². The van der Waals surface area contributed by atoms with Gasteiger partial charge < -0.3 is 0 Å². The van der Waals surface area contributed by atoms with Crippen molar-refractivity contribution in [3.8, 4) is 0 Å². The quantitative estimate of drug-likeness (QED) is 0.839. The number of hydrogen-bond acceptors (Lipinski definition) is 4. The van der Waals surface area contributed by atoms with Crippen LogP contribution in [0.4, 0.5) is 9.57 Å². The second-order valence-corrected chi connectivity index (χ2v) is 7.29. The van der Waals surface area contributed by atoms with E-state index < -0.39 is 25.1 Å². The van der Waals surface area contributed by atoms with Gasteiger partial charge in [-0.05, 0) is 18.1 Å². The van der Waals surface area contributed by atoms with Crippen LogP contribution in [0.2, 0.25) is 0 Å². The van der Waals surface area contributed by atoms with Crippen LogP contribution in [0.15, 0.2) is 29.2 Å². The molecule has 0 aromatic heterocycles. The Balaban J connectivity index is 3.14. The van der Waals surface area contributed by atoms with Gasteiger partial charge in [-0.2, -0.15) is 8.42 Å². The molecule has 0 aliphatic heterocycles. The highest BCUT2D eigenvalue weighted by atomic mass is 32.3. The maximum atomic E-state index is 13.0. The van der Waals surface area contributed by atoms with E-state index in [-0.39, 0.29) is 17.4 Å². The molecule has 0 atom stereocenters. The van der Waals surface area contributed by atoms with E-state index in [9.17, 15) is 20.7 Å². The molecule has 0 aliphatic carbocycles. The van der Waals surface area contributed by atoms with Gasteiger partial charge in [0.15, 0.2) is 0 Å². The third-order valence-corrected chi connectivity index (χ3v) is 4.49. The zero-order valence-corrected chi connectivity index (χ0v) is 11.6. The van der Waals surface area contributed by atoms with Gasteiger partial charge in [0.1, 0.15) is 4.90 Å². The van der Waals surface area contributed by atoms with Crippen LogP contribution in [0.1, 0.15) is 13.8 Å². The maximum Gasteiger partial charge on any atom is 0.334 e. The highest BCUT2D eigenvalue weighted by Crippen LogP contribution is 2.23. The highest BCUT2D eigenvalue weighted by Gasteiger charge is 2.20. The summed E-state index contributed by atoms with van der Waals surface area (Å²) in [5.41, 5.74) is -0.277. The number of anilines is 1. The van der Waals surface area contributed by atoms with Crippen LogP contribution in [0, 0.1) is 5.92 Å². The van der Waals surface area contributed by atoms with Crippen LogP contribution in [-0.4, -0.2) is 22.6 Å². The van der Waals surface area contributed by atoms with Gasteiger partial charge in [0.05, 0.1) is 11.4 Å². The Hall–Kier alpha value is -1.15. The molecule has 1 aromatic rings. The van der Waals surface area contributed by atoms with E-state index in [1.165, 1.54) is 18.2 Å². The molecule has 0 saturated heterocycles. The summed E-state index contributed by atoms with van der Waals surface area (Å²) < 4.78 is 60.1. The second kappa shape index (κ2) is 5.23. The highest BCUT2D eigenvalue weighted by molar-refractivity contribution is 7.92. The minimum Gasteiger partial charge on any atom is -0.282 e. The Morgan fingerprint density at radius 3 is 2.22 bits per heavy atom. The van der Waals surface area contributed by atoms with E-state index in [0.29, 0.717) is 0 Å². The average Bonchev–Trinajstić information content (AvgIpc) is 2.13. The molecule has 0 spiro atoms. The lowest BCUT2D eigenvalue weighted by Crippen LogP contribution is -2.21. The molecule has 1 aromatic carbocycles. The van der Waals surface area contributed by atoms with Crippen LogP contribution < -0.4 is 4.72 Å².